The molecule has 7 heteroatoms. The van der Waals surface area contributed by atoms with Crippen molar-refractivity contribution >= 4 is 16.5 Å². The van der Waals surface area contributed by atoms with Gasteiger partial charge in [-0.1, -0.05) is 41.7 Å². The topological polar surface area (TPSA) is 61.7 Å². The van der Waals surface area contributed by atoms with Crippen LogP contribution >= 0.6 is 11.3 Å². The molecule has 2 atom stereocenters. The van der Waals surface area contributed by atoms with Crippen LogP contribution in [0.2, 0.25) is 0 Å². The third kappa shape index (κ3) is 3.74. The van der Waals surface area contributed by atoms with Crippen LogP contribution in [0.3, 0.4) is 0 Å². The van der Waals surface area contributed by atoms with Crippen molar-refractivity contribution in [2.75, 3.05) is 45.2 Å². The number of aliphatic hydroxyl groups is 1. The van der Waals surface area contributed by atoms with E-state index in [0.717, 1.165) is 61.2 Å². The molecule has 0 amide bonds. The second-order valence-electron chi connectivity index (χ2n) is 7.89. The van der Waals surface area contributed by atoms with E-state index in [1.54, 1.807) is 11.3 Å². The normalized spacial score (nSPS) is 24.4. The predicted molar refractivity (Wildman–Crippen MR) is 108 cm³/mol. The van der Waals surface area contributed by atoms with Crippen molar-refractivity contribution in [2.45, 2.75) is 31.5 Å². The molecule has 2 heterocycles. The molecule has 2 aliphatic rings. The van der Waals surface area contributed by atoms with Crippen LogP contribution in [0.5, 0.6) is 0 Å². The van der Waals surface area contributed by atoms with Crippen molar-refractivity contribution in [2.24, 2.45) is 5.41 Å². The number of aliphatic hydroxyl groups excluding tert-OH is 1. The van der Waals surface area contributed by atoms with E-state index in [0.29, 0.717) is 0 Å². The van der Waals surface area contributed by atoms with E-state index in [1.807, 2.05) is 18.2 Å². The monoisotopic (exact) mass is 388 g/mol. The van der Waals surface area contributed by atoms with Crippen molar-refractivity contribution in [3.63, 3.8) is 0 Å². The number of benzene rings is 1. The van der Waals surface area contributed by atoms with Crippen molar-refractivity contribution in [3.05, 3.63) is 30.3 Å². The number of piperidine rings is 1. The van der Waals surface area contributed by atoms with Gasteiger partial charge in [-0.3, -0.25) is 0 Å². The molecule has 4 rings (SSSR count). The van der Waals surface area contributed by atoms with Crippen molar-refractivity contribution in [1.29, 1.82) is 0 Å². The number of nitrogens with zero attached hydrogens (tertiary/aromatic N) is 4. The van der Waals surface area contributed by atoms with E-state index in [4.69, 9.17) is 4.74 Å². The average molecular weight is 389 g/mol. The number of ether oxygens (including phenoxy) is 1. The minimum Gasteiger partial charge on any atom is -0.392 e. The van der Waals surface area contributed by atoms with Crippen LogP contribution in [0.4, 0.5) is 5.13 Å². The summed E-state index contributed by atoms with van der Waals surface area (Å²) in [5, 5.41) is 21.2. The van der Waals surface area contributed by atoms with Gasteiger partial charge in [-0.05, 0) is 26.9 Å². The largest absolute Gasteiger partial charge is 0.392 e. The molecule has 1 spiro atoms. The first-order chi connectivity index (χ1) is 13.1. The zero-order valence-corrected chi connectivity index (χ0v) is 16.9. The van der Waals surface area contributed by atoms with E-state index in [1.165, 1.54) is 0 Å². The van der Waals surface area contributed by atoms with Crippen LogP contribution in [-0.2, 0) is 4.74 Å². The first-order valence-corrected chi connectivity index (χ1v) is 10.5. The maximum absolute atomic E-state index is 10.5. The van der Waals surface area contributed by atoms with Crippen molar-refractivity contribution in [3.8, 4) is 10.6 Å². The molecule has 6 nitrogen and oxygen atoms in total. The summed E-state index contributed by atoms with van der Waals surface area (Å²) in [4.78, 5) is 4.43. The maximum Gasteiger partial charge on any atom is 0.208 e. The number of hydrogen-bond donors (Lipinski definition) is 1. The highest BCUT2D eigenvalue weighted by Gasteiger charge is 2.56. The fourth-order valence-electron chi connectivity index (χ4n) is 4.15. The van der Waals surface area contributed by atoms with Gasteiger partial charge in [0, 0.05) is 37.0 Å². The lowest BCUT2D eigenvalue weighted by Gasteiger charge is -2.56. The standard InChI is InChI=1S/C20H28N4O2S/c1-23(2)12-13-26-17-14-16(25)20(17)8-10-24(11-9-20)19-22-21-18(27-19)15-6-4-3-5-7-15/h3-7,16-17,25H,8-14H2,1-2H3/t16-,17+/m1/s1. The molecule has 1 aliphatic heterocycles. The van der Waals surface area contributed by atoms with Crippen LogP contribution in [0.15, 0.2) is 30.3 Å². The zero-order chi connectivity index (χ0) is 18.9. The Morgan fingerprint density at radius 1 is 1.22 bits per heavy atom. The van der Waals surface area contributed by atoms with E-state index in [2.05, 4.69) is 46.2 Å². The molecule has 0 bridgehead atoms. The number of rotatable bonds is 6. The second-order valence-corrected chi connectivity index (χ2v) is 8.85. The Kier molecular flexibility index (Phi) is 5.45. The Balaban J connectivity index is 1.36. The van der Waals surface area contributed by atoms with Gasteiger partial charge in [-0.15, -0.1) is 10.2 Å². The number of anilines is 1. The van der Waals surface area contributed by atoms with Crippen LogP contribution in [0, 0.1) is 5.41 Å². The third-order valence-electron chi connectivity index (χ3n) is 6.00. The summed E-state index contributed by atoms with van der Waals surface area (Å²) < 4.78 is 6.11. The molecule has 0 unspecified atom stereocenters. The first kappa shape index (κ1) is 18.8. The van der Waals surface area contributed by atoms with E-state index in [9.17, 15) is 5.11 Å². The summed E-state index contributed by atoms with van der Waals surface area (Å²) in [6, 6.07) is 10.2. The van der Waals surface area contributed by atoms with E-state index >= 15 is 0 Å². The summed E-state index contributed by atoms with van der Waals surface area (Å²) in [5.41, 5.74) is 1.04. The van der Waals surface area contributed by atoms with E-state index in [-0.39, 0.29) is 17.6 Å². The van der Waals surface area contributed by atoms with Gasteiger partial charge in [0.25, 0.3) is 0 Å². The summed E-state index contributed by atoms with van der Waals surface area (Å²) in [7, 11) is 4.11. The lowest BCUT2D eigenvalue weighted by molar-refractivity contribution is -0.202. The fraction of sp³-hybridized carbons (Fsp3) is 0.600. The lowest BCUT2D eigenvalue weighted by atomic mass is 9.58. The van der Waals surface area contributed by atoms with Crippen LogP contribution in [-0.4, -0.2) is 72.7 Å². The van der Waals surface area contributed by atoms with Crippen LogP contribution < -0.4 is 4.90 Å². The lowest BCUT2D eigenvalue weighted by Crippen LogP contribution is -2.62. The van der Waals surface area contributed by atoms with E-state index < -0.39 is 0 Å². The molecule has 2 fully saturated rings. The number of aromatic nitrogens is 2. The molecule has 0 radical (unpaired) electrons. The van der Waals surface area contributed by atoms with Gasteiger partial charge in [0.15, 0.2) is 0 Å². The molecule has 1 N–H and O–H groups in total. The quantitative estimate of drug-likeness (QED) is 0.820. The van der Waals surface area contributed by atoms with Crippen LogP contribution in [0.25, 0.3) is 10.6 Å². The Morgan fingerprint density at radius 3 is 2.63 bits per heavy atom. The molecular weight excluding hydrogens is 360 g/mol. The summed E-state index contributed by atoms with van der Waals surface area (Å²) >= 11 is 1.64. The molecule has 1 saturated carbocycles. The minimum absolute atomic E-state index is 0.0736. The number of likely N-dealkylation sites (N-methyl/N-ethyl adjacent to an activating group) is 1. The molecule has 146 valence electrons. The Bertz CT molecular complexity index is 743. The molecule has 2 aromatic rings. The van der Waals surface area contributed by atoms with Gasteiger partial charge in [0.1, 0.15) is 5.01 Å². The van der Waals surface area contributed by atoms with Gasteiger partial charge in [0.2, 0.25) is 5.13 Å². The highest BCUT2D eigenvalue weighted by Crippen LogP contribution is 2.51. The molecular formula is C20H28N4O2S. The molecule has 1 aromatic carbocycles. The van der Waals surface area contributed by atoms with Gasteiger partial charge in [-0.25, -0.2) is 0 Å². The molecule has 1 aliphatic carbocycles. The highest BCUT2D eigenvalue weighted by molar-refractivity contribution is 7.18. The van der Waals surface area contributed by atoms with Gasteiger partial charge in [-0.2, -0.15) is 0 Å². The Labute approximate surface area is 164 Å². The summed E-state index contributed by atoms with van der Waals surface area (Å²) in [6.45, 7) is 3.44. The molecule has 1 aromatic heterocycles. The second kappa shape index (κ2) is 7.83. The van der Waals surface area contributed by atoms with Crippen LogP contribution in [0.1, 0.15) is 19.3 Å². The highest BCUT2D eigenvalue weighted by atomic mass is 32.1. The molecule has 27 heavy (non-hydrogen) atoms. The Hall–Kier alpha value is -1.54. The summed E-state index contributed by atoms with van der Waals surface area (Å²) in [6.07, 6.45) is 2.61. The minimum atomic E-state index is -0.238. The van der Waals surface area contributed by atoms with Gasteiger partial charge in [0.05, 0.1) is 18.8 Å². The average Bonchev–Trinajstić information content (AvgIpc) is 3.18. The van der Waals surface area contributed by atoms with Crippen molar-refractivity contribution in [1.82, 2.24) is 15.1 Å². The first-order valence-electron chi connectivity index (χ1n) is 9.67. The molecule has 1 saturated heterocycles. The van der Waals surface area contributed by atoms with Gasteiger partial charge >= 0.3 is 0 Å². The maximum atomic E-state index is 10.5. The zero-order valence-electron chi connectivity index (χ0n) is 16.0. The van der Waals surface area contributed by atoms with Gasteiger partial charge < -0.3 is 19.6 Å². The fourth-order valence-corrected chi connectivity index (χ4v) is 5.05. The predicted octanol–water partition coefficient (Wildman–Crippen LogP) is 2.50. The van der Waals surface area contributed by atoms with Crippen molar-refractivity contribution < 1.29 is 9.84 Å². The Morgan fingerprint density at radius 2 is 1.96 bits per heavy atom. The summed E-state index contributed by atoms with van der Waals surface area (Å²) in [5.74, 6) is 0. The SMILES string of the molecule is CN(C)CCO[C@H]1C[C@@H](O)C12CCN(c1nnc(-c3ccccc3)s1)CC2. The smallest absolute Gasteiger partial charge is 0.208 e. The third-order valence-corrected chi connectivity index (χ3v) is 7.03. The number of hydrogen-bond acceptors (Lipinski definition) is 7.